The van der Waals surface area contributed by atoms with Gasteiger partial charge in [0.15, 0.2) is 4.90 Å². The summed E-state index contributed by atoms with van der Waals surface area (Å²) in [7, 11) is -10.2. The molecule has 1 unspecified atom stereocenters. The number of hydrogen-bond donors (Lipinski definition) is 4. The maximum absolute atomic E-state index is 11.6. The van der Waals surface area contributed by atoms with Gasteiger partial charge in [-0.05, 0) is 11.1 Å². The lowest BCUT2D eigenvalue weighted by Gasteiger charge is -2.33. The third-order valence-electron chi connectivity index (χ3n) is 3.19. The molecule has 100 valence electrons. The Hall–Kier alpha value is -0.190. The van der Waals surface area contributed by atoms with Gasteiger partial charge in [0.2, 0.25) is 0 Å². The SMILES string of the molecule is O=P(O)(O)C1(P(=O)(O)O)Cc2ccccc2C1Cl. The molecule has 1 aromatic rings. The third kappa shape index (κ3) is 1.81. The topological polar surface area (TPSA) is 115 Å². The van der Waals surface area contributed by atoms with E-state index in [1.807, 2.05) is 0 Å². The molecule has 0 aromatic heterocycles. The predicted molar refractivity (Wildman–Crippen MR) is 65.6 cm³/mol. The zero-order valence-corrected chi connectivity index (χ0v) is 11.5. The number of rotatable bonds is 2. The van der Waals surface area contributed by atoms with Crippen LogP contribution in [0, 0.1) is 0 Å². The van der Waals surface area contributed by atoms with Crippen LogP contribution in [0.5, 0.6) is 0 Å². The average Bonchev–Trinajstić information content (AvgIpc) is 2.52. The normalized spacial score (nSPS) is 22.8. The van der Waals surface area contributed by atoms with Crippen molar-refractivity contribution in [2.45, 2.75) is 16.7 Å². The molecule has 1 aliphatic carbocycles. The highest BCUT2D eigenvalue weighted by atomic mass is 35.5. The first-order chi connectivity index (χ1) is 8.11. The summed E-state index contributed by atoms with van der Waals surface area (Å²) >= 11 is 5.95. The Morgan fingerprint density at radius 3 is 2.06 bits per heavy atom. The molecular weight excluding hydrogens is 301 g/mol. The number of halogens is 1. The van der Waals surface area contributed by atoms with Crippen LogP contribution in [0.1, 0.15) is 16.5 Å². The molecule has 1 aromatic carbocycles. The molecule has 0 fully saturated rings. The van der Waals surface area contributed by atoms with Crippen LogP contribution in [0.15, 0.2) is 24.3 Å². The summed E-state index contributed by atoms with van der Waals surface area (Å²) < 4.78 is 23.2. The van der Waals surface area contributed by atoms with Gasteiger partial charge in [0, 0.05) is 6.42 Å². The van der Waals surface area contributed by atoms with Crippen LogP contribution >= 0.6 is 26.8 Å². The molecule has 0 amide bonds. The fourth-order valence-electron chi connectivity index (χ4n) is 2.23. The van der Waals surface area contributed by atoms with Crippen molar-refractivity contribution in [1.82, 2.24) is 0 Å². The monoisotopic (exact) mass is 312 g/mol. The van der Waals surface area contributed by atoms with Crippen molar-refractivity contribution in [3.63, 3.8) is 0 Å². The maximum Gasteiger partial charge on any atom is 0.345 e. The molecule has 6 nitrogen and oxygen atoms in total. The molecule has 0 bridgehead atoms. The van der Waals surface area contributed by atoms with E-state index >= 15 is 0 Å². The van der Waals surface area contributed by atoms with Gasteiger partial charge in [-0.15, -0.1) is 11.6 Å². The lowest BCUT2D eigenvalue weighted by atomic mass is 10.1. The van der Waals surface area contributed by atoms with Gasteiger partial charge in [0.1, 0.15) is 0 Å². The van der Waals surface area contributed by atoms with E-state index in [-0.39, 0.29) is 0 Å². The average molecular weight is 313 g/mol. The quantitative estimate of drug-likeness (QED) is 0.487. The zero-order valence-electron chi connectivity index (χ0n) is 8.97. The van der Waals surface area contributed by atoms with Gasteiger partial charge in [-0.25, -0.2) is 0 Å². The molecule has 18 heavy (non-hydrogen) atoms. The van der Waals surface area contributed by atoms with Crippen LogP contribution in [-0.4, -0.2) is 24.5 Å². The summed E-state index contributed by atoms with van der Waals surface area (Å²) in [6.07, 6.45) is -0.439. The Balaban J connectivity index is 2.70. The molecule has 0 radical (unpaired) electrons. The lowest BCUT2D eigenvalue weighted by molar-refractivity contribution is 0.307. The Morgan fingerprint density at radius 1 is 1.11 bits per heavy atom. The highest BCUT2D eigenvalue weighted by Crippen LogP contribution is 2.78. The largest absolute Gasteiger partial charge is 0.345 e. The van der Waals surface area contributed by atoms with Crippen molar-refractivity contribution in [3.8, 4) is 0 Å². The minimum Gasteiger partial charge on any atom is -0.324 e. The number of benzene rings is 1. The molecule has 1 aliphatic rings. The van der Waals surface area contributed by atoms with E-state index in [9.17, 15) is 28.7 Å². The molecule has 0 spiro atoms. The van der Waals surface area contributed by atoms with E-state index in [2.05, 4.69) is 0 Å². The number of fused-ring (bicyclic) bond motifs is 1. The molecule has 0 saturated heterocycles. The lowest BCUT2D eigenvalue weighted by Crippen LogP contribution is -2.31. The summed E-state index contributed by atoms with van der Waals surface area (Å²) in [5.41, 5.74) is 0.801. The molecule has 4 N–H and O–H groups in total. The minimum atomic E-state index is -5.10. The molecule has 0 heterocycles. The first-order valence-corrected chi connectivity index (χ1v) is 8.60. The Bertz CT molecular complexity index is 554. The van der Waals surface area contributed by atoms with Crippen LogP contribution in [0.4, 0.5) is 0 Å². The van der Waals surface area contributed by atoms with Crippen LogP contribution in [0.25, 0.3) is 0 Å². The van der Waals surface area contributed by atoms with Crippen molar-refractivity contribution in [3.05, 3.63) is 35.4 Å². The second kappa shape index (κ2) is 4.15. The third-order valence-corrected chi connectivity index (χ3v) is 8.52. The number of alkyl halides is 1. The molecule has 9 heteroatoms. The predicted octanol–water partition coefficient (Wildman–Crippen LogP) is 1.57. The van der Waals surface area contributed by atoms with Crippen molar-refractivity contribution in [2.75, 3.05) is 0 Å². The molecule has 0 saturated carbocycles. The fourth-order valence-corrected chi connectivity index (χ4v) is 6.26. The van der Waals surface area contributed by atoms with Crippen molar-refractivity contribution < 1.29 is 28.7 Å². The second-order valence-electron chi connectivity index (χ2n) is 4.20. The maximum atomic E-state index is 11.6. The molecule has 0 aliphatic heterocycles. The van der Waals surface area contributed by atoms with Gasteiger partial charge in [0.05, 0.1) is 5.38 Å². The van der Waals surface area contributed by atoms with E-state index < -0.39 is 31.9 Å². The van der Waals surface area contributed by atoms with E-state index in [0.29, 0.717) is 11.1 Å². The van der Waals surface area contributed by atoms with Gasteiger partial charge in [-0.1, -0.05) is 24.3 Å². The molecular formula is C9H11ClO6P2. The summed E-state index contributed by atoms with van der Waals surface area (Å²) in [5.74, 6) is 0. The summed E-state index contributed by atoms with van der Waals surface area (Å²) in [4.78, 5) is 35.0. The van der Waals surface area contributed by atoms with Crippen LogP contribution in [0.2, 0.25) is 0 Å². The fraction of sp³-hybridized carbons (Fsp3) is 0.333. The summed E-state index contributed by atoms with van der Waals surface area (Å²) in [6.45, 7) is 0. The highest BCUT2D eigenvalue weighted by molar-refractivity contribution is 7.72. The smallest absolute Gasteiger partial charge is 0.324 e. The van der Waals surface area contributed by atoms with Gasteiger partial charge >= 0.3 is 15.2 Å². The van der Waals surface area contributed by atoms with Crippen molar-refractivity contribution in [1.29, 1.82) is 0 Å². The zero-order chi connectivity index (χ0) is 13.8. The standard InChI is InChI=1S/C9H11ClO6P2/c10-8-7-4-2-1-3-6(7)5-9(8,17(11,12)13)18(14,15)16/h1-4,8H,5H2,(H2,11,12,13)(H2,14,15,16). The van der Waals surface area contributed by atoms with Crippen LogP contribution in [0.3, 0.4) is 0 Å². The Kier molecular flexibility index (Phi) is 3.28. The Morgan fingerprint density at radius 2 is 1.61 bits per heavy atom. The summed E-state index contributed by atoms with van der Waals surface area (Å²) in [6, 6.07) is 6.29. The van der Waals surface area contributed by atoms with Gasteiger partial charge in [0.25, 0.3) is 0 Å². The van der Waals surface area contributed by atoms with Crippen LogP contribution in [-0.2, 0) is 15.6 Å². The Labute approximate surface area is 108 Å². The van der Waals surface area contributed by atoms with Crippen molar-refractivity contribution in [2.24, 2.45) is 0 Å². The van der Waals surface area contributed by atoms with Gasteiger partial charge in [-0.3, -0.25) is 9.13 Å². The van der Waals surface area contributed by atoms with E-state index in [4.69, 9.17) is 11.6 Å². The van der Waals surface area contributed by atoms with Gasteiger partial charge in [-0.2, -0.15) is 0 Å². The first-order valence-electron chi connectivity index (χ1n) is 4.94. The molecule has 2 rings (SSSR count). The van der Waals surface area contributed by atoms with Gasteiger partial charge < -0.3 is 19.6 Å². The second-order valence-corrected chi connectivity index (χ2v) is 8.77. The first kappa shape index (κ1) is 14.2. The highest BCUT2D eigenvalue weighted by Gasteiger charge is 2.67. The summed E-state index contributed by atoms with van der Waals surface area (Å²) in [5, 5.41) is -1.42. The van der Waals surface area contributed by atoms with E-state index in [1.165, 1.54) is 6.07 Å². The minimum absolute atomic E-state index is 0.353. The van der Waals surface area contributed by atoms with E-state index in [1.54, 1.807) is 18.2 Å². The van der Waals surface area contributed by atoms with Crippen molar-refractivity contribution >= 4 is 26.8 Å². The van der Waals surface area contributed by atoms with E-state index in [0.717, 1.165) is 0 Å². The number of hydrogen-bond acceptors (Lipinski definition) is 2. The van der Waals surface area contributed by atoms with Crippen LogP contribution < -0.4 is 0 Å². The molecule has 1 atom stereocenters.